The van der Waals surface area contributed by atoms with Crippen LogP contribution in [0.2, 0.25) is 0 Å². The molecule has 0 bridgehead atoms. The monoisotopic (exact) mass is 333 g/mol. The molecule has 0 atom stereocenters. The Hall–Kier alpha value is -1.66. The van der Waals surface area contributed by atoms with Gasteiger partial charge in [-0.3, -0.25) is 4.98 Å². The molecule has 1 aliphatic rings. The Bertz CT molecular complexity index is 827. The number of aromatic nitrogens is 1. The molecular formula is C17H23N3O2S. The summed E-state index contributed by atoms with van der Waals surface area (Å²) in [6.45, 7) is 7.81. The number of anilines is 1. The van der Waals surface area contributed by atoms with E-state index in [1.54, 1.807) is 11.2 Å². The highest BCUT2D eigenvalue weighted by molar-refractivity contribution is 7.89. The number of fused-ring (bicyclic) bond motifs is 1. The molecule has 1 N–H and O–H groups in total. The van der Waals surface area contributed by atoms with Gasteiger partial charge in [0.1, 0.15) is 0 Å². The quantitative estimate of drug-likeness (QED) is 0.913. The molecule has 1 aromatic carbocycles. The van der Waals surface area contributed by atoms with Gasteiger partial charge in [0.25, 0.3) is 0 Å². The summed E-state index contributed by atoms with van der Waals surface area (Å²) in [6.07, 6.45) is 1.90. The number of sulfonamides is 1. The van der Waals surface area contributed by atoms with Crippen LogP contribution in [0.15, 0.2) is 24.4 Å². The SMILES string of the molecule is CCS(=O)(=O)N1CC(CNc2c(C)cnc3c(C)cccc23)C1. The summed E-state index contributed by atoms with van der Waals surface area (Å²) in [4.78, 5) is 4.53. The molecule has 1 aliphatic heterocycles. The first kappa shape index (κ1) is 16.2. The fraction of sp³-hybridized carbons (Fsp3) is 0.471. The topological polar surface area (TPSA) is 62.3 Å². The van der Waals surface area contributed by atoms with E-state index in [9.17, 15) is 8.42 Å². The maximum atomic E-state index is 11.8. The molecule has 5 nitrogen and oxygen atoms in total. The number of hydrogen-bond donors (Lipinski definition) is 1. The van der Waals surface area contributed by atoms with Crippen LogP contribution in [0, 0.1) is 19.8 Å². The highest BCUT2D eigenvalue weighted by Gasteiger charge is 2.34. The van der Waals surface area contributed by atoms with Gasteiger partial charge in [-0.15, -0.1) is 0 Å². The van der Waals surface area contributed by atoms with Crippen LogP contribution in [0.3, 0.4) is 0 Å². The standard InChI is InChI=1S/C17H23N3O2S/c1-4-23(21,22)20-10-14(11-20)9-19-17-13(3)8-18-16-12(2)6-5-7-15(16)17/h5-8,14H,4,9-11H2,1-3H3,(H,18,19). The van der Waals surface area contributed by atoms with E-state index in [2.05, 4.69) is 29.4 Å². The van der Waals surface area contributed by atoms with Gasteiger partial charge < -0.3 is 5.32 Å². The Balaban J connectivity index is 1.72. The summed E-state index contributed by atoms with van der Waals surface area (Å²) in [5.74, 6) is 0.546. The molecule has 23 heavy (non-hydrogen) atoms. The van der Waals surface area contributed by atoms with Crippen LogP contribution < -0.4 is 5.32 Å². The van der Waals surface area contributed by atoms with Crippen molar-refractivity contribution in [3.8, 4) is 0 Å². The van der Waals surface area contributed by atoms with Crippen molar-refractivity contribution < 1.29 is 8.42 Å². The molecule has 3 rings (SSSR count). The minimum absolute atomic E-state index is 0.181. The summed E-state index contributed by atoms with van der Waals surface area (Å²) in [5.41, 5.74) is 4.40. The molecule has 6 heteroatoms. The van der Waals surface area contributed by atoms with Crippen LogP contribution in [0.1, 0.15) is 18.1 Å². The van der Waals surface area contributed by atoms with E-state index in [0.717, 1.165) is 34.3 Å². The molecule has 2 heterocycles. The van der Waals surface area contributed by atoms with Crippen LogP contribution in [0.5, 0.6) is 0 Å². The first-order valence-corrected chi connectivity index (χ1v) is 9.60. The maximum absolute atomic E-state index is 11.8. The summed E-state index contributed by atoms with van der Waals surface area (Å²) in [6, 6.07) is 6.19. The smallest absolute Gasteiger partial charge is 0.213 e. The van der Waals surface area contributed by atoms with Crippen LogP contribution in [0.4, 0.5) is 5.69 Å². The number of pyridine rings is 1. The van der Waals surface area contributed by atoms with Gasteiger partial charge in [-0.2, -0.15) is 0 Å². The number of nitrogens with zero attached hydrogens (tertiary/aromatic N) is 2. The van der Waals surface area contributed by atoms with Crippen molar-refractivity contribution in [3.63, 3.8) is 0 Å². The number of benzene rings is 1. The van der Waals surface area contributed by atoms with E-state index in [1.165, 1.54) is 0 Å². The zero-order chi connectivity index (χ0) is 16.6. The largest absolute Gasteiger partial charge is 0.384 e. The molecule has 0 spiro atoms. The van der Waals surface area contributed by atoms with Crippen molar-refractivity contribution in [1.82, 2.24) is 9.29 Å². The lowest BCUT2D eigenvalue weighted by Gasteiger charge is -2.38. The average molecular weight is 333 g/mol. The minimum Gasteiger partial charge on any atom is -0.384 e. The van der Waals surface area contributed by atoms with Gasteiger partial charge in [-0.1, -0.05) is 18.2 Å². The first-order chi connectivity index (χ1) is 10.9. The molecule has 0 aliphatic carbocycles. The number of nitrogens with one attached hydrogen (secondary N) is 1. The van der Waals surface area contributed by atoms with E-state index in [4.69, 9.17) is 0 Å². The van der Waals surface area contributed by atoms with Crippen molar-refractivity contribution in [2.45, 2.75) is 20.8 Å². The lowest BCUT2D eigenvalue weighted by Crippen LogP contribution is -2.52. The number of para-hydroxylation sites is 1. The van der Waals surface area contributed by atoms with Crippen LogP contribution in [0.25, 0.3) is 10.9 Å². The zero-order valence-electron chi connectivity index (χ0n) is 13.8. The van der Waals surface area contributed by atoms with Gasteiger partial charge in [-0.05, 0) is 31.9 Å². The number of rotatable bonds is 5. The normalized spacial score (nSPS) is 16.5. The second kappa shape index (κ2) is 6.09. The minimum atomic E-state index is -3.03. The molecular weight excluding hydrogens is 310 g/mol. The number of aryl methyl sites for hydroxylation is 2. The van der Waals surface area contributed by atoms with E-state index in [0.29, 0.717) is 19.0 Å². The Kier molecular flexibility index (Phi) is 4.29. The maximum Gasteiger partial charge on any atom is 0.213 e. The Morgan fingerprint density at radius 3 is 2.70 bits per heavy atom. The van der Waals surface area contributed by atoms with Crippen molar-refractivity contribution in [2.24, 2.45) is 5.92 Å². The van der Waals surface area contributed by atoms with E-state index >= 15 is 0 Å². The second-order valence-corrected chi connectivity index (χ2v) is 8.51. The molecule has 0 unspecified atom stereocenters. The van der Waals surface area contributed by atoms with Crippen LogP contribution in [-0.4, -0.2) is 43.1 Å². The predicted octanol–water partition coefficient (Wildman–Crippen LogP) is 2.55. The Morgan fingerprint density at radius 2 is 2.00 bits per heavy atom. The third kappa shape index (κ3) is 3.05. The van der Waals surface area contributed by atoms with E-state index < -0.39 is 10.0 Å². The third-order valence-electron chi connectivity index (χ3n) is 4.54. The highest BCUT2D eigenvalue weighted by atomic mass is 32.2. The van der Waals surface area contributed by atoms with Gasteiger partial charge in [0.15, 0.2) is 0 Å². The zero-order valence-corrected chi connectivity index (χ0v) is 14.7. The molecule has 1 aromatic heterocycles. The predicted molar refractivity (Wildman–Crippen MR) is 94.2 cm³/mol. The lowest BCUT2D eigenvalue weighted by molar-refractivity contribution is 0.212. The third-order valence-corrected chi connectivity index (χ3v) is 6.35. The van der Waals surface area contributed by atoms with Gasteiger partial charge in [-0.25, -0.2) is 12.7 Å². The van der Waals surface area contributed by atoms with Gasteiger partial charge in [0.2, 0.25) is 10.0 Å². The van der Waals surface area contributed by atoms with Gasteiger partial charge in [0, 0.05) is 42.8 Å². The van der Waals surface area contributed by atoms with Crippen LogP contribution in [-0.2, 0) is 10.0 Å². The van der Waals surface area contributed by atoms with E-state index in [-0.39, 0.29) is 5.75 Å². The second-order valence-electron chi connectivity index (χ2n) is 6.25. The fourth-order valence-electron chi connectivity index (χ4n) is 3.01. The summed E-state index contributed by atoms with van der Waals surface area (Å²) in [7, 11) is -3.03. The molecule has 2 aromatic rings. The molecule has 1 fully saturated rings. The molecule has 0 radical (unpaired) electrons. The van der Waals surface area contributed by atoms with E-state index in [1.807, 2.05) is 19.2 Å². The lowest BCUT2D eigenvalue weighted by atomic mass is 10.0. The van der Waals surface area contributed by atoms with Crippen molar-refractivity contribution >= 4 is 26.6 Å². The molecule has 1 saturated heterocycles. The van der Waals surface area contributed by atoms with Crippen molar-refractivity contribution in [2.75, 3.05) is 30.7 Å². The first-order valence-electron chi connectivity index (χ1n) is 7.99. The van der Waals surface area contributed by atoms with Gasteiger partial charge in [0.05, 0.1) is 11.3 Å². The molecule has 124 valence electrons. The fourth-order valence-corrected chi connectivity index (χ4v) is 4.25. The summed E-state index contributed by atoms with van der Waals surface area (Å²) >= 11 is 0. The Morgan fingerprint density at radius 1 is 1.26 bits per heavy atom. The molecule has 0 amide bonds. The molecule has 0 saturated carbocycles. The summed E-state index contributed by atoms with van der Waals surface area (Å²) in [5, 5.41) is 4.64. The Labute approximate surface area is 137 Å². The summed E-state index contributed by atoms with van der Waals surface area (Å²) < 4.78 is 25.1. The number of hydrogen-bond acceptors (Lipinski definition) is 4. The van der Waals surface area contributed by atoms with Gasteiger partial charge >= 0.3 is 0 Å². The highest BCUT2D eigenvalue weighted by Crippen LogP contribution is 2.28. The van der Waals surface area contributed by atoms with Crippen LogP contribution >= 0.6 is 0 Å². The average Bonchev–Trinajstić information content (AvgIpc) is 2.47. The van der Waals surface area contributed by atoms with Crippen molar-refractivity contribution in [1.29, 1.82) is 0 Å². The van der Waals surface area contributed by atoms with Crippen molar-refractivity contribution in [3.05, 3.63) is 35.5 Å².